The van der Waals surface area contributed by atoms with Gasteiger partial charge in [-0.3, -0.25) is 5.01 Å². The summed E-state index contributed by atoms with van der Waals surface area (Å²) in [6, 6.07) is 0. The molecule has 0 radical (unpaired) electrons. The minimum Gasteiger partial charge on any atom is -0.299 e. The van der Waals surface area contributed by atoms with Gasteiger partial charge < -0.3 is 0 Å². The average molecular weight is 196 g/mol. The highest BCUT2D eigenvalue weighted by Crippen LogP contribution is 2.22. The summed E-state index contributed by atoms with van der Waals surface area (Å²) in [5, 5.41) is 4.58. The molecule has 1 aliphatic rings. The van der Waals surface area contributed by atoms with Gasteiger partial charge in [-0.25, -0.2) is 0 Å². The van der Waals surface area contributed by atoms with Crippen molar-refractivity contribution in [2.24, 2.45) is 5.10 Å². The SMILES string of the molecule is CCC.CN1CCC(C(F)(F)F)=N1. The zero-order valence-electron chi connectivity index (χ0n) is 8.15. The van der Waals surface area contributed by atoms with Crippen LogP contribution in [0, 0.1) is 0 Å². The minimum absolute atomic E-state index is 0.0139. The first kappa shape index (κ1) is 12.3. The second-order valence-corrected chi connectivity index (χ2v) is 2.88. The molecule has 13 heavy (non-hydrogen) atoms. The molecule has 0 bridgehead atoms. The molecule has 0 aromatic heterocycles. The molecule has 0 aromatic carbocycles. The molecule has 1 heterocycles. The van der Waals surface area contributed by atoms with Crippen molar-refractivity contribution < 1.29 is 13.2 Å². The second kappa shape index (κ2) is 5.09. The number of alkyl halides is 3. The molecule has 1 rings (SSSR count). The van der Waals surface area contributed by atoms with Gasteiger partial charge in [-0.1, -0.05) is 20.3 Å². The molecular formula is C8H15F3N2. The molecule has 0 saturated heterocycles. The lowest BCUT2D eigenvalue weighted by Gasteiger charge is -2.03. The topological polar surface area (TPSA) is 15.6 Å². The molecule has 0 unspecified atom stereocenters. The third-order valence-corrected chi connectivity index (χ3v) is 1.29. The molecule has 0 atom stereocenters. The minimum atomic E-state index is -4.23. The summed E-state index contributed by atoms with van der Waals surface area (Å²) in [7, 11) is 1.53. The molecule has 2 nitrogen and oxygen atoms in total. The quantitative estimate of drug-likeness (QED) is 0.581. The number of hydrazone groups is 1. The van der Waals surface area contributed by atoms with Crippen molar-refractivity contribution in [1.82, 2.24) is 5.01 Å². The van der Waals surface area contributed by atoms with Crippen LogP contribution in [0.2, 0.25) is 0 Å². The van der Waals surface area contributed by atoms with Crippen LogP contribution >= 0.6 is 0 Å². The van der Waals surface area contributed by atoms with E-state index >= 15 is 0 Å². The van der Waals surface area contributed by atoms with Gasteiger partial charge in [0.25, 0.3) is 0 Å². The van der Waals surface area contributed by atoms with E-state index in [1.807, 2.05) is 0 Å². The first-order valence-electron chi connectivity index (χ1n) is 4.27. The molecule has 78 valence electrons. The predicted molar refractivity (Wildman–Crippen MR) is 46.7 cm³/mol. The highest BCUT2D eigenvalue weighted by molar-refractivity contribution is 5.90. The monoisotopic (exact) mass is 196 g/mol. The Labute approximate surface area is 76.4 Å². The maximum absolute atomic E-state index is 11.8. The summed E-state index contributed by atoms with van der Waals surface area (Å²) in [6.45, 7) is 4.62. The van der Waals surface area contributed by atoms with E-state index in [0.717, 1.165) is 0 Å². The van der Waals surface area contributed by atoms with Crippen molar-refractivity contribution in [3.8, 4) is 0 Å². The summed E-state index contributed by atoms with van der Waals surface area (Å²) >= 11 is 0. The molecule has 0 saturated carbocycles. The Morgan fingerprint density at radius 2 is 1.85 bits per heavy atom. The van der Waals surface area contributed by atoms with Gasteiger partial charge in [0.15, 0.2) is 0 Å². The molecule has 0 aliphatic carbocycles. The average Bonchev–Trinajstić information content (AvgIpc) is 2.35. The fourth-order valence-electron chi connectivity index (χ4n) is 0.772. The number of hydrogen-bond acceptors (Lipinski definition) is 2. The van der Waals surface area contributed by atoms with E-state index in [2.05, 4.69) is 18.9 Å². The lowest BCUT2D eigenvalue weighted by Crippen LogP contribution is -2.20. The van der Waals surface area contributed by atoms with Crippen LogP contribution < -0.4 is 0 Å². The standard InChI is InChI=1S/C5H7F3N2.C3H8/c1-10-3-2-4(9-10)5(6,7)8;1-3-2/h2-3H2,1H3;3H2,1-2H3. The highest BCUT2D eigenvalue weighted by atomic mass is 19.4. The number of rotatable bonds is 0. The lowest BCUT2D eigenvalue weighted by molar-refractivity contribution is -0.0600. The van der Waals surface area contributed by atoms with Crippen LogP contribution in [0.4, 0.5) is 13.2 Å². The van der Waals surface area contributed by atoms with Crippen molar-refractivity contribution in [3.05, 3.63) is 0 Å². The van der Waals surface area contributed by atoms with Crippen molar-refractivity contribution >= 4 is 5.71 Å². The van der Waals surface area contributed by atoms with Gasteiger partial charge in [0, 0.05) is 20.0 Å². The molecular weight excluding hydrogens is 181 g/mol. The summed E-state index contributed by atoms with van der Waals surface area (Å²) in [4.78, 5) is 0. The fourth-order valence-corrected chi connectivity index (χ4v) is 0.772. The van der Waals surface area contributed by atoms with Crippen LogP contribution in [0.15, 0.2) is 5.10 Å². The fraction of sp³-hybridized carbons (Fsp3) is 0.875. The molecule has 5 heteroatoms. The van der Waals surface area contributed by atoms with Gasteiger partial charge in [0.1, 0.15) is 5.71 Å². The largest absolute Gasteiger partial charge is 0.431 e. The van der Waals surface area contributed by atoms with Crippen LogP contribution in [-0.2, 0) is 0 Å². The Bertz CT molecular complexity index is 175. The molecule has 0 aromatic rings. The summed E-state index contributed by atoms with van der Waals surface area (Å²) in [5.41, 5.74) is -0.671. The van der Waals surface area contributed by atoms with Crippen molar-refractivity contribution in [2.75, 3.05) is 13.6 Å². The first-order valence-corrected chi connectivity index (χ1v) is 4.27. The van der Waals surface area contributed by atoms with Crippen LogP contribution in [0.5, 0.6) is 0 Å². The number of halogens is 3. The van der Waals surface area contributed by atoms with Crippen molar-refractivity contribution in [2.45, 2.75) is 32.9 Å². The summed E-state index contributed by atoms with van der Waals surface area (Å²) < 4.78 is 35.3. The normalized spacial score (nSPS) is 16.5. The molecule has 0 spiro atoms. The van der Waals surface area contributed by atoms with E-state index in [-0.39, 0.29) is 6.42 Å². The van der Waals surface area contributed by atoms with Crippen molar-refractivity contribution in [3.63, 3.8) is 0 Å². The Hall–Kier alpha value is -0.740. The molecule has 0 amide bonds. The zero-order chi connectivity index (χ0) is 10.5. The Balaban J connectivity index is 0.000000424. The molecule has 0 N–H and O–H groups in total. The second-order valence-electron chi connectivity index (χ2n) is 2.88. The van der Waals surface area contributed by atoms with Gasteiger partial charge in [0.2, 0.25) is 0 Å². The van der Waals surface area contributed by atoms with E-state index in [9.17, 15) is 13.2 Å². The van der Waals surface area contributed by atoms with Crippen LogP contribution in [0.3, 0.4) is 0 Å². The van der Waals surface area contributed by atoms with E-state index < -0.39 is 11.9 Å². The van der Waals surface area contributed by atoms with Gasteiger partial charge >= 0.3 is 6.18 Å². The number of nitrogens with zero attached hydrogens (tertiary/aromatic N) is 2. The van der Waals surface area contributed by atoms with E-state index in [1.54, 1.807) is 0 Å². The Kier molecular flexibility index (Phi) is 4.80. The smallest absolute Gasteiger partial charge is 0.299 e. The van der Waals surface area contributed by atoms with Crippen molar-refractivity contribution in [1.29, 1.82) is 0 Å². The molecule has 0 fully saturated rings. The highest BCUT2D eigenvalue weighted by Gasteiger charge is 2.37. The third kappa shape index (κ3) is 4.75. The van der Waals surface area contributed by atoms with E-state index in [4.69, 9.17) is 0 Å². The maximum Gasteiger partial charge on any atom is 0.431 e. The van der Waals surface area contributed by atoms with Gasteiger partial charge in [-0.15, -0.1) is 0 Å². The van der Waals surface area contributed by atoms with Crippen LogP contribution in [0.25, 0.3) is 0 Å². The maximum atomic E-state index is 11.8. The van der Waals surface area contributed by atoms with Crippen LogP contribution in [-0.4, -0.2) is 30.5 Å². The number of hydrogen-bond donors (Lipinski definition) is 0. The van der Waals surface area contributed by atoms with Gasteiger partial charge in [0.05, 0.1) is 0 Å². The Morgan fingerprint density at radius 1 is 1.38 bits per heavy atom. The Morgan fingerprint density at radius 3 is 2.00 bits per heavy atom. The van der Waals surface area contributed by atoms with Gasteiger partial charge in [-0.2, -0.15) is 18.3 Å². The predicted octanol–water partition coefficient (Wildman–Crippen LogP) is 2.66. The van der Waals surface area contributed by atoms with E-state index in [0.29, 0.717) is 6.54 Å². The summed E-state index contributed by atoms with van der Waals surface area (Å²) in [5.74, 6) is 0. The van der Waals surface area contributed by atoms with Gasteiger partial charge in [-0.05, 0) is 0 Å². The third-order valence-electron chi connectivity index (χ3n) is 1.29. The summed E-state index contributed by atoms with van der Waals surface area (Å²) in [6.07, 6.45) is -2.97. The van der Waals surface area contributed by atoms with E-state index in [1.165, 1.54) is 18.5 Å². The zero-order valence-corrected chi connectivity index (χ0v) is 8.15. The lowest BCUT2D eigenvalue weighted by atomic mass is 10.3. The first-order chi connectivity index (χ1) is 5.91. The van der Waals surface area contributed by atoms with Crippen LogP contribution in [0.1, 0.15) is 26.7 Å². The molecule has 1 aliphatic heterocycles.